The van der Waals surface area contributed by atoms with Crippen molar-refractivity contribution in [3.63, 3.8) is 0 Å². The van der Waals surface area contributed by atoms with Gasteiger partial charge in [0, 0.05) is 12.4 Å². The molecule has 126 valence electrons. The van der Waals surface area contributed by atoms with Crippen LogP contribution in [0.1, 0.15) is 58.2 Å². The molecule has 0 bridgehead atoms. The largest absolute Gasteiger partial charge is 0.300 e. The summed E-state index contributed by atoms with van der Waals surface area (Å²) in [5.41, 5.74) is 6.48. The molecule has 1 aromatic carbocycles. The van der Waals surface area contributed by atoms with E-state index in [1.807, 2.05) is 6.20 Å². The van der Waals surface area contributed by atoms with E-state index in [4.69, 9.17) is 4.98 Å². The summed E-state index contributed by atoms with van der Waals surface area (Å²) in [6.07, 6.45) is 4.09. The van der Waals surface area contributed by atoms with E-state index in [-0.39, 0.29) is 10.3 Å². The van der Waals surface area contributed by atoms with Gasteiger partial charge in [-0.15, -0.1) is 0 Å². The molecule has 0 amide bonds. The van der Waals surface area contributed by atoms with E-state index in [1.54, 1.807) is 0 Å². The van der Waals surface area contributed by atoms with Crippen LogP contribution in [-0.4, -0.2) is 19.9 Å². The Morgan fingerprint density at radius 1 is 0.870 bits per heavy atom. The zero-order chi connectivity index (χ0) is 17.6. The van der Waals surface area contributed by atoms with Gasteiger partial charge >= 0.3 is 0 Å². The number of rotatable bonds is 2. The van der Waals surface area contributed by atoms with Crippen molar-refractivity contribution in [3.8, 4) is 5.69 Å². The molecule has 23 heavy (non-hydrogen) atoms. The molecule has 0 unspecified atom stereocenters. The second-order valence-corrected chi connectivity index (χ2v) is 12.3. The highest BCUT2D eigenvalue weighted by atomic mass is 31.1. The van der Waals surface area contributed by atoms with Gasteiger partial charge in [-0.1, -0.05) is 59.2 Å². The number of aromatic nitrogens is 2. The first kappa shape index (κ1) is 18.2. The highest BCUT2D eigenvalue weighted by molar-refractivity contribution is 7.68. The Hall–Kier alpha value is -1.14. The SMILES string of the molecule is Cc1cc(C)c(-n2ccnc2P(C(C)(C)C)C(C)(C)C)c(C)c1. The molecule has 0 aliphatic heterocycles. The number of aryl methyl sites for hydroxylation is 3. The molecule has 1 heterocycles. The molecule has 0 aliphatic rings. The summed E-state index contributed by atoms with van der Waals surface area (Å²) in [5, 5.41) is 0.423. The van der Waals surface area contributed by atoms with E-state index in [1.165, 1.54) is 27.9 Å². The minimum absolute atomic E-state index is 0.212. The average molecular weight is 330 g/mol. The van der Waals surface area contributed by atoms with Gasteiger partial charge in [-0.3, -0.25) is 4.57 Å². The maximum atomic E-state index is 4.82. The first-order valence-electron chi connectivity index (χ1n) is 8.35. The Bertz CT molecular complexity index is 662. The third-order valence-electron chi connectivity index (χ3n) is 4.04. The second kappa shape index (κ2) is 6.06. The third kappa shape index (κ3) is 3.69. The second-order valence-electron chi connectivity index (χ2n) is 8.52. The van der Waals surface area contributed by atoms with Gasteiger partial charge in [-0.25, -0.2) is 4.98 Å². The lowest BCUT2D eigenvalue weighted by atomic mass is 10.1. The molecule has 0 aliphatic carbocycles. The molecule has 0 fully saturated rings. The average Bonchev–Trinajstić information content (AvgIpc) is 2.72. The van der Waals surface area contributed by atoms with Crippen LogP contribution in [0.15, 0.2) is 24.5 Å². The summed E-state index contributed by atoms with van der Waals surface area (Å²) >= 11 is 0. The van der Waals surface area contributed by atoms with Crippen molar-refractivity contribution >= 4 is 13.5 Å². The summed E-state index contributed by atoms with van der Waals surface area (Å²) in [4.78, 5) is 4.82. The molecule has 0 saturated carbocycles. The summed E-state index contributed by atoms with van der Waals surface area (Å²) < 4.78 is 2.34. The Morgan fingerprint density at radius 2 is 1.35 bits per heavy atom. The van der Waals surface area contributed by atoms with Crippen molar-refractivity contribution in [1.29, 1.82) is 0 Å². The van der Waals surface area contributed by atoms with E-state index in [0.29, 0.717) is 0 Å². The standard InChI is InChI=1S/C20H31N2P/c1-14-12-15(2)17(16(3)13-14)22-11-10-21-18(22)23(19(4,5)6)20(7,8)9/h10-13H,1-9H3. The van der Waals surface area contributed by atoms with Crippen LogP contribution in [0.5, 0.6) is 0 Å². The van der Waals surface area contributed by atoms with E-state index >= 15 is 0 Å². The van der Waals surface area contributed by atoms with Crippen molar-refractivity contribution in [3.05, 3.63) is 41.2 Å². The fourth-order valence-electron chi connectivity index (χ4n) is 3.79. The van der Waals surface area contributed by atoms with Gasteiger partial charge in [0.25, 0.3) is 0 Å². The van der Waals surface area contributed by atoms with Gasteiger partial charge in [-0.05, 0) is 50.1 Å². The minimum Gasteiger partial charge on any atom is -0.300 e. The van der Waals surface area contributed by atoms with Gasteiger partial charge in [0.2, 0.25) is 0 Å². The first-order valence-corrected chi connectivity index (χ1v) is 9.69. The number of hydrogen-bond acceptors (Lipinski definition) is 1. The molecule has 0 saturated heterocycles. The highest BCUT2D eigenvalue weighted by Gasteiger charge is 2.38. The molecule has 2 rings (SSSR count). The molecule has 0 radical (unpaired) electrons. The maximum Gasteiger partial charge on any atom is 0.136 e. The lowest BCUT2D eigenvalue weighted by Gasteiger charge is -2.40. The lowest BCUT2D eigenvalue weighted by molar-refractivity contribution is 0.711. The molecule has 1 aromatic heterocycles. The summed E-state index contributed by atoms with van der Waals surface area (Å²) in [5.74, 6) is 0. The predicted molar refractivity (Wildman–Crippen MR) is 104 cm³/mol. The summed E-state index contributed by atoms with van der Waals surface area (Å²) in [6, 6.07) is 4.53. The van der Waals surface area contributed by atoms with Gasteiger partial charge in [0.05, 0.1) is 5.69 Å². The molecule has 0 N–H and O–H groups in total. The van der Waals surface area contributed by atoms with Crippen LogP contribution in [0.4, 0.5) is 0 Å². The van der Waals surface area contributed by atoms with Gasteiger partial charge in [0.15, 0.2) is 0 Å². The minimum atomic E-state index is -0.426. The van der Waals surface area contributed by atoms with Crippen LogP contribution < -0.4 is 5.57 Å². The number of hydrogen-bond donors (Lipinski definition) is 0. The number of nitrogens with zero attached hydrogens (tertiary/aromatic N) is 2. The number of imidazole rings is 1. The van der Waals surface area contributed by atoms with Crippen LogP contribution in [0, 0.1) is 20.8 Å². The van der Waals surface area contributed by atoms with Crippen LogP contribution in [-0.2, 0) is 0 Å². The molecule has 3 heteroatoms. The van der Waals surface area contributed by atoms with Crippen molar-refractivity contribution < 1.29 is 0 Å². The Morgan fingerprint density at radius 3 is 1.78 bits per heavy atom. The number of benzene rings is 1. The molecular formula is C20H31N2P. The van der Waals surface area contributed by atoms with Crippen molar-refractivity contribution in [2.75, 3.05) is 0 Å². The quantitative estimate of drug-likeness (QED) is 0.665. The Labute approximate surface area is 143 Å². The van der Waals surface area contributed by atoms with Gasteiger partial charge in [0.1, 0.15) is 5.57 Å². The van der Waals surface area contributed by atoms with E-state index in [2.05, 4.69) is 85.2 Å². The summed E-state index contributed by atoms with van der Waals surface area (Å²) in [6.45, 7) is 20.6. The van der Waals surface area contributed by atoms with Crippen LogP contribution in [0.3, 0.4) is 0 Å². The summed E-state index contributed by atoms with van der Waals surface area (Å²) in [7, 11) is -0.426. The highest BCUT2D eigenvalue weighted by Crippen LogP contribution is 2.58. The zero-order valence-corrected chi connectivity index (χ0v) is 17.0. The van der Waals surface area contributed by atoms with E-state index in [0.717, 1.165) is 0 Å². The molecule has 0 atom stereocenters. The third-order valence-corrected chi connectivity index (χ3v) is 7.45. The predicted octanol–water partition coefficient (Wildman–Crippen LogP) is 5.50. The zero-order valence-electron chi connectivity index (χ0n) is 16.2. The van der Waals surface area contributed by atoms with E-state index in [9.17, 15) is 0 Å². The van der Waals surface area contributed by atoms with Gasteiger partial charge < -0.3 is 0 Å². The molecule has 2 nitrogen and oxygen atoms in total. The van der Waals surface area contributed by atoms with Crippen molar-refractivity contribution in [2.24, 2.45) is 0 Å². The van der Waals surface area contributed by atoms with Crippen molar-refractivity contribution in [2.45, 2.75) is 72.6 Å². The smallest absolute Gasteiger partial charge is 0.136 e. The van der Waals surface area contributed by atoms with Crippen LogP contribution in [0.25, 0.3) is 5.69 Å². The van der Waals surface area contributed by atoms with Crippen molar-refractivity contribution in [1.82, 2.24) is 9.55 Å². The lowest BCUT2D eigenvalue weighted by Crippen LogP contribution is -2.35. The normalized spacial score (nSPS) is 13.0. The molecule has 2 aromatic rings. The van der Waals surface area contributed by atoms with E-state index < -0.39 is 7.92 Å². The monoisotopic (exact) mass is 330 g/mol. The van der Waals surface area contributed by atoms with Crippen LogP contribution in [0.2, 0.25) is 0 Å². The van der Waals surface area contributed by atoms with Crippen LogP contribution >= 0.6 is 7.92 Å². The Balaban J connectivity index is 2.69. The topological polar surface area (TPSA) is 17.8 Å². The fourth-order valence-corrected chi connectivity index (χ4v) is 7.57. The molecule has 0 spiro atoms. The first-order chi connectivity index (χ1) is 10.4. The van der Waals surface area contributed by atoms with Gasteiger partial charge in [-0.2, -0.15) is 0 Å². The Kier molecular flexibility index (Phi) is 4.79. The molecular weight excluding hydrogens is 299 g/mol. The fraction of sp³-hybridized carbons (Fsp3) is 0.550. The maximum absolute atomic E-state index is 4.82.